The third-order valence-electron chi connectivity index (χ3n) is 6.29. The summed E-state index contributed by atoms with van der Waals surface area (Å²) in [5.74, 6) is 0.610. The zero-order valence-electron chi connectivity index (χ0n) is 17.4. The summed E-state index contributed by atoms with van der Waals surface area (Å²) in [4.78, 5) is 28.8. The number of Topliss-reactive ketones (excluding diaryl/α,β-unsaturated/α-hetero) is 2. The number of aromatic nitrogens is 1. The Labute approximate surface area is 177 Å². The molecule has 0 saturated heterocycles. The van der Waals surface area contributed by atoms with E-state index in [1.807, 2.05) is 24.4 Å². The number of carbonyl (C=O) groups excluding carboxylic acids is 2. The summed E-state index contributed by atoms with van der Waals surface area (Å²) >= 11 is 0. The van der Waals surface area contributed by atoms with Crippen LogP contribution in [-0.2, 0) is 22.4 Å². The van der Waals surface area contributed by atoms with Gasteiger partial charge in [0.15, 0.2) is 11.5 Å². The lowest BCUT2D eigenvalue weighted by Gasteiger charge is -2.27. The lowest BCUT2D eigenvalue weighted by molar-refractivity contribution is -0.128. The van der Waals surface area contributed by atoms with Crippen LogP contribution in [-0.4, -0.2) is 28.3 Å². The highest BCUT2D eigenvalue weighted by Crippen LogP contribution is 2.39. The minimum atomic E-state index is -0.230. The summed E-state index contributed by atoms with van der Waals surface area (Å²) < 4.78 is 5.60. The van der Waals surface area contributed by atoms with Crippen molar-refractivity contribution in [1.29, 1.82) is 0 Å². The summed E-state index contributed by atoms with van der Waals surface area (Å²) in [6, 6.07) is 5.55. The van der Waals surface area contributed by atoms with Gasteiger partial charge in [0.2, 0.25) is 0 Å². The summed E-state index contributed by atoms with van der Waals surface area (Å²) in [6.07, 6.45) is 10.4. The van der Waals surface area contributed by atoms with Gasteiger partial charge in [-0.15, -0.1) is 0 Å². The number of aromatic amines is 1. The molecule has 0 radical (unpaired) electrons. The molecule has 2 aliphatic rings. The number of hydrogen-bond donors (Lipinski definition) is 2. The third kappa shape index (κ3) is 4.07. The van der Waals surface area contributed by atoms with Gasteiger partial charge in [0.25, 0.3) is 0 Å². The van der Waals surface area contributed by atoms with Crippen molar-refractivity contribution in [3.05, 3.63) is 52.9 Å². The molecule has 2 unspecified atom stereocenters. The number of fused-ring (bicyclic) bond motifs is 2. The lowest BCUT2D eigenvalue weighted by Crippen LogP contribution is -2.25. The predicted molar refractivity (Wildman–Crippen MR) is 116 cm³/mol. The molecular weight excluding hydrogens is 378 g/mol. The van der Waals surface area contributed by atoms with Gasteiger partial charge in [-0.2, -0.15) is 0 Å². The zero-order valence-corrected chi connectivity index (χ0v) is 17.4. The number of ketones is 2. The minimum absolute atomic E-state index is 0.0117. The highest BCUT2D eigenvalue weighted by Gasteiger charge is 2.32. The Morgan fingerprint density at radius 2 is 2.13 bits per heavy atom. The number of hydrogen-bond acceptors (Lipinski definition) is 4. The van der Waals surface area contributed by atoms with E-state index in [1.165, 1.54) is 5.56 Å². The molecular formula is C25H29NO4. The third-order valence-corrected chi connectivity index (χ3v) is 6.29. The van der Waals surface area contributed by atoms with E-state index in [1.54, 1.807) is 6.07 Å². The number of aryl methyl sites for hydroxylation is 1. The number of H-pyrrole nitrogens is 1. The van der Waals surface area contributed by atoms with E-state index >= 15 is 0 Å². The molecule has 2 atom stereocenters. The molecule has 0 amide bonds. The van der Waals surface area contributed by atoms with Crippen molar-refractivity contribution in [2.24, 2.45) is 5.92 Å². The van der Waals surface area contributed by atoms with Gasteiger partial charge >= 0.3 is 0 Å². The molecule has 5 heteroatoms. The molecule has 2 N–H and O–H groups in total. The normalized spacial score (nSPS) is 19.6. The molecule has 30 heavy (non-hydrogen) atoms. The maximum absolute atomic E-state index is 13.0. The average Bonchev–Trinajstić information content (AvgIpc) is 3.23. The zero-order chi connectivity index (χ0) is 21.1. The average molecular weight is 408 g/mol. The highest BCUT2D eigenvalue weighted by atomic mass is 16.5. The second kappa shape index (κ2) is 8.90. The fourth-order valence-corrected chi connectivity index (χ4v) is 4.79. The molecule has 0 bridgehead atoms. The van der Waals surface area contributed by atoms with Gasteiger partial charge in [0.05, 0.1) is 13.0 Å². The van der Waals surface area contributed by atoms with Gasteiger partial charge in [-0.3, -0.25) is 9.59 Å². The summed E-state index contributed by atoms with van der Waals surface area (Å²) in [5.41, 5.74) is 4.28. The van der Waals surface area contributed by atoms with Crippen molar-refractivity contribution in [2.75, 3.05) is 6.61 Å². The van der Waals surface area contributed by atoms with E-state index in [4.69, 9.17) is 4.74 Å². The number of benzene rings is 1. The van der Waals surface area contributed by atoms with Crippen molar-refractivity contribution in [3.63, 3.8) is 0 Å². The predicted octanol–water partition coefficient (Wildman–Crippen LogP) is 4.73. The first kappa shape index (κ1) is 20.5. The van der Waals surface area contributed by atoms with Crippen molar-refractivity contribution in [1.82, 2.24) is 4.98 Å². The van der Waals surface area contributed by atoms with Crippen LogP contribution in [0.25, 0.3) is 6.08 Å². The first-order chi connectivity index (χ1) is 14.6. The number of phenolic OH excluding ortho intramolecular Hbond substituents is 1. The molecule has 1 aromatic carbocycles. The van der Waals surface area contributed by atoms with Crippen LogP contribution in [0.15, 0.2) is 30.5 Å². The van der Waals surface area contributed by atoms with E-state index in [0.717, 1.165) is 42.5 Å². The number of nitrogens with one attached hydrogen (secondary N) is 1. The maximum atomic E-state index is 13.0. The smallest absolute Gasteiger partial charge is 0.164 e. The second-order valence-corrected chi connectivity index (χ2v) is 8.31. The van der Waals surface area contributed by atoms with Crippen LogP contribution in [0.4, 0.5) is 0 Å². The van der Waals surface area contributed by atoms with Gasteiger partial charge in [0, 0.05) is 29.8 Å². The first-order valence-electron chi connectivity index (χ1n) is 10.9. The number of aromatic hydroxyl groups is 1. The molecule has 0 saturated carbocycles. The number of carbonyl (C=O) groups is 2. The van der Waals surface area contributed by atoms with E-state index in [9.17, 15) is 14.7 Å². The van der Waals surface area contributed by atoms with Crippen LogP contribution < -0.4 is 4.74 Å². The van der Waals surface area contributed by atoms with Crippen LogP contribution in [0.1, 0.15) is 67.3 Å². The Morgan fingerprint density at radius 1 is 1.27 bits per heavy atom. The number of rotatable bonds is 8. The van der Waals surface area contributed by atoms with Crippen molar-refractivity contribution in [2.45, 2.75) is 57.8 Å². The largest absolute Gasteiger partial charge is 0.504 e. The van der Waals surface area contributed by atoms with Gasteiger partial charge in [-0.1, -0.05) is 25.5 Å². The van der Waals surface area contributed by atoms with Crippen LogP contribution in [0.5, 0.6) is 11.5 Å². The SMILES string of the molecule is CCCC1c2cc[nH]c2C=CC1C(=O)CC(=O)CCc1ccc(O)c2c1CCCO2. The first-order valence-corrected chi connectivity index (χ1v) is 10.9. The Morgan fingerprint density at radius 3 is 2.97 bits per heavy atom. The standard InChI is InChI=1S/C25H29NO4/c1-2-4-19-20-12-13-26-22(20)10-9-21(19)24(29)15-17(27)8-6-16-7-11-23(28)25-18(16)5-3-14-30-25/h7,9-13,19,21,26,28H,2-6,8,14-15H2,1H3. The van der Waals surface area contributed by atoms with Crippen LogP contribution in [0.2, 0.25) is 0 Å². The molecule has 1 aliphatic heterocycles. The van der Waals surface area contributed by atoms with Gasteiger partial charge in [-0.25, -0.2) is 0 Å². The van der Waals surface area contributed by atoms with Crippen molar-refractivity contribution >= 4 is 17.6 Å². The summed E-state index contributed by atoms with van der Waals surface area (Å²) in [6.45, 7) is 2.73. The number of phenols is 1. The molecule has 158 valence electrons. The quantitative estimate of drug-likeness (QED) is 0.620. The van der Waals surface area contributed by atoms with E-state index < -0.39 is 0 Å². The van der Waals surface area contributed by atoms with E-state index in [0.29, 0.717) is 25.2 Å². The topological polar surface area (TPSA) is 79.4 Å². The van der Waals surface area contributed by atoms with Crippen LogP contribution in [0, 0.1) is 5.92 Å². The van der Waals surface area contributed by atoms with Crippen molar-refractivity contribution in [3.8, 4) is 11.5 Å². The van der Waals surface area contributed by atoms with Gasteiger partial charge in [0.1, 0.15) is 11.6 Å². The van der Waals surface area contributed by atoms with Gasteiger partial charge in [-0.05, 0) is 60.9 Å². The van der Waals surface area contributed by atoms with Gasteiger partial charge < -0.3 is 14.8 Å². The molecule has 0 spiro atoms. The molecule has 1 aliphatic carbocycles. The molecule has 4 rings (SSSR count). The molecule has 5 nitrogen and oxygen atoms in total. The molecule has 2 aromatic rings. The van der Waals surface area contributed by atoms with Crippen molar-refractivity contribution < 1.29 is 19.4 Å². The lowest BCUT2D eigenvalue weighted by atomic mass is 9.76. The van der Waals surface area contributed by atoms with Crippen LogP contribution >= 0.6 is 0 Å². The molecule has 2 heterocycles. The Balaban J connectivity index is 1.39. The van der Waals surface area contributed by atoms with E-state index in [2.05, 4.69) is 18.0 Å². The fraction of sp³-hybridized carbons (Fsp3) is 0.440. The Hall–Kier alpha value is -2.82. The molecule has 0 fully saturated rings. The Bertz CT molecular complexity index is 972. The maximum Gasteiger partial charge on any atom is 0.164 e. The number of ether oxygens (including phenoxy) is 1. The second-order valence-electron chi connectivity index (χ2n) is 8.31. The Kier molecular flexibility index (Phi) is 6.07. The monoisotopic (exact) mass is 407 g/mol. The number of allylic oxidation sites excluding steroid dienone is 1. The van der Waals surface area contributed by atoms with E-state index in [-0.39, 0.29) is 35.6 Å². The fourth-order valence-electron chi connectivity index (χ4n) is 4.79. The molecule has 1 aromatic heterocycles. The summed E-state index contributed by atoms with van der Waals surface area (Å²) in [7, 11) is 0. The minimum Gasteiger partial charge on any atom is -0.504 e. The van der Waals surface area contributed by atoms with Crippen LogP contribution in [0.3, 0.4) is 0 Å². The highest BCUT2D eigenvalue weighted by molar-refractivity contribution is 6.01. The summed E-state index contributed by atoms with van der Waals surface area (Å²) in [5, 5.41) is 10.00.